The highest BCUT2D eigenvalue weighted by Crippen LogP contribution is 2.60. The number of ether oxygens (including phenoxy) is 2. The molecule has 1 aromatic carbocycles. The smallest absolute Gasteiger partial charge is 0.163 e. The summed E-state index contributed by atoms with van der Waals surface area (Å²) in [6.45, 7) is 18.8. The molecule has 0 spiro atoms. The van der Waals surface area contributed by atoms with E-state index < -0.39 is 16.1 Å². The topological polar surface area (TPSA) is 66.1 Å². The quantitative estimate of drug-likeness (QED) is 0.191. The third-order valence-electron chi connectivity index (χ3n) is 8.47. The predicted molar refractivity (Wildman–Crippen MR) is 162 cm³/mol. The van der Waals surface area contributed by atoms with E-state index in [1.54, 1.807) is 19.2 Å². The molecule has 2 heterocycles. The van der Waals surface area contributed by atoms with Gasteiger partial charge in [0.1, 0.15) is 25.0 Å². The zero-order chi connectivity index (χ0) is 28.2. The molecule has 2 aliphatic carbocycles. The van der Waals surface area contributed by atoms with Gasteiger partial charge in [-0.25, -0.2) is 14.1 Å². The molecule has 10 heteroatoms. The minimum Gasteiger partial charge on any atom is -0.386 e. The Labute approximate surface area is 234 Å². The van der Waals surface area contributed by atoms with Gasteiger partial charge in [-0.3, -0.25) is 4.57 Å². The maximum atomic E-state index is 14.9. The third-order valence-corrected chi connectivity index (χ3v) is 11.9. The summed E-state index contributed by atoms with van der Waals surface area (Å²) in [5.74, 6) is 1.15. The summed E-state index contributed by atoms with van der Waals surface area (Å²) < 4.78 is 31.4. The Morgan fingerprint density at radius 1 is 1.05 bits per heavy atom. The van der Waals surface area contributed by atoms with Gasteiger partial charge >= 0.3 is 0 Å². The van der Waals surface area contributed by atoms with Gasteiger partial charge in [-0.1, -0.05) is 46.2 Å². The van der Waals surface area contributed by atoms with Crippen LogP contribution < -0.4 is 5.32 Å². The predicted octanol–water partition coefficient (Wildman–Crippen LogP) is 6.83. The monoisotopic (exact) mass is 571 g/mol. The number of aromatic nitrogens is 4. The number of rotatable bonds is 12. The molecule has 214 valence electrons. The Morgan fingerprint density at radius 2 is 1.72 bits per heavy atom. The molecule has 0 bridgehead atoms. The molecule has 1 fully saturated rings. The number of benzene rings is 1. The van der Waals surface area contributed by atoms with E-state index in [0.29, 0.717) is 37.1 Å². The zero-order valence-electron chi connectivity index (χ0n) is 25.1. The fraction of sp³-hybridized carbons (Fsp3) is 0.655. The van der Waals surface area contributed by atoms with Gasteiger partial charge in [0, 0.05) is 53.7 Å². The van der Waals surface area contributed by atoms with Gasteiger partial charge in [-0.15, -0.1) is 0 Å². The first-order valence-corrected chi connectivity index (χ1v) is 21.8. The number of imidazole rings is 1. The van der Waals surface area contributed by atoms with E-state index in [2.05, 4.69) is 56.2 Å². The van der Waals surface area contributed by atoms with Crippen LogP contribution in [0.4, 0.5) is 10.1 Å². The summed E-state index contributed by atoms with van der Waals surface area (Å²) in [5.41, 5.74) is 5.72. The van der Waals surface area contributed by atoms with Gasteiger partial charge < -0.3 is 14.8 Å². The molecule has 2 atom stereocenters. The van der Waals surface area contributed by atoms with Crippen molar-refractivity contribution in [3.63, 3.8) is 0 Å². The lowest BCUT2D eigenvalue weighted by atomic mass is 9.87. The van der Waals surface area contributed by atoms with E-state index in [1.165, 1.54) is 17.7 Å². The Morgan fingerprint density at radius 3 is 2.36 bits per heavy atom. The van der Waals surface area contributed by atoms with Gasteiger partial charge in [0.2, 0.25) is 0 Å². The third kappa shape index (κ3) is 6.18. The summed E-state index contributed by atoms with van der Waals surface area (Å²) in [5, 5.41) is 8.08. The van der Waals surface area contributed by atoms with Crippen LogP contribution in [-0.2, 0) is 35.8 Å². The average molecular weight is 572 g/mol. The van der Waals surface area contributed by atoms with Gasteiger partial charge in [0.25, 0.3) is 0 Å². The van der Waals surface area contributed by atoms with E-state index in [4.69, 9.17) is 19.6 Å². The second-order valence-corrected chi connectivity index (χ2v) is 25.6. The summed E-state index contributed by atoms with van der Waals surface area (Å²) >= 11 is 0. The van der Waals surface area contributed by atoms with Gasteiger partial charge in [0.15, 0.2) is 5.82 Å². The van der Waals surface area contributed by atoms with Gasteiger partial charge in [-0.2, -0.15) is 5.10 Å². The Bertz CT molecular complexity index is 1360. The fourth-order valence-electron chi connectivity index (χ4n) is 5.61. The van der Waals surface area contributed by atoms with E-state index in [9.17, 15) is 4.39 Å². The first-order valence-electron chi connectivity index (χ1n) is 14.4. The van der Waals surface area contributed by atoms with Crippen molar-refractivity contribution in [3.05, 3.63) is 29.2 Å². The summed E-state index contributed by atoms with van der Waals surface area (Å²) in [6, 6.07) is 5.56. The SMILES string of the molecule is CNc1cc2nc(-c3nn(COCC[Si](C)(C)C)c4c3C[C@@H]3C[C@]3(C)C4)n(COCC[Si](C)(C)C)c2cc1F. The van der Waals surface area contributed by atoms with Crippen LogP contribution in [0.25, 0.3) is 22.6 Å². The molecule has 0 saturated heterocycles. The molecule has 0 amide bonds. The molecule has 3 aromatic rings. The first kappa shape index (κ1) is 28.5. The summed E-state index contributed by atoms with van der Waals surface area (Å²) in [4.78, 5) is 5.04. The first-order chi connectivity index (χ1) is 18.3. The zero-order valence-corrected chi connectivity index (χ0v) is 27.1. The van der Waals surface area contributed by atoms with Crippen LogP contribution in [0.2, 0.25) is 51.4 Å². The van der Waals surface area contributed by atoms with Crippen LogP contribution in [0.5, 0.6) is 0 Å². The molecule has 0 radical (unpaired) electrons. The molecule has 0 aliphatic heterocycles. The number of hydrogen-bond acceptors (Lipinski definition) is 5. The molecular weight excluding hydrogens is 526 g/mol. The highest BCUT2D eigenvalue weighted by atomic mass is 28.3. The van der Waals surface area contributed by atoms with Crippen molar-refractivity contribution >= 4 is 32.9 Å². The van der Waals surface area contributed by atoms with Crippen LogP contribution in [0.15, 0.2) is 12.1 Å². The maximum absolute atomic E-state index is 14.9. The normalized spacial score (nSPS) is 20.8. The Hall–Kier alpha value is -2.02. The van der Waals surface area contributed by atoms with Crippen molar-refractivity contribution in [1.82, 2.24) is 19.3 Å². The van der Waals surface area contributed by atoms with Crippen molar-refractivity contribution in [2.24, 2.45) is 11.3 Å². The van der Waals surface area contributed by atoms with E-state index >= 15 is 0 Å². The maximum Gasteiger partial charge on any atom is 0.163 e. The molecular formula is C29H46FN5O2Si2. The van der Waals surface area contributed by atoms with Crippen LogP contribution >= 0.6 is 0 Å². The molecule has 0 unspecified atom stereocenters. The summed E-state index contributed by atoms with van der Waals surface area (Å²) in [6.07, 6.45) is 3.28. The van der Waals surface area contributed by atoms with Crippen LogP contribution in [-0.4, -0.2) is 55.7 Å². The minimum absolute atomic E-state index is 0.295. The Kier molecular flexibility index (Phi) is 7.62. The highest BCUT2D eigenvalue weighted by molar-refractivity contribution is 6.76. The molecule has 7 nitrogen and oxygen atoms in total. The van der Waals surface area contributed by atoms with Crippen LogP contribution in [0, 0.1) is 17.2 Å². The number of nitrogens with zero attached hydrogens (tertiary/aromatic N) is 4. The molecule has 1 saturated carbocycles. The minimum atomic E-state index is -1.23. The number of anilines is 1. The fourth-order valence-corrected chi connectivity index (χ4v) is 7.13. The van der Waals surface area contributed by atoms with E-state index in [-0.39, 0.29) is 5.82 Å². The molecule has 5 rings (SSSR count). The molecule has 2 aliphatic rings. The molecule has 1 N–H and O–H groups in total. The Balaban J connectivity index is 1.52. The van der Waals surface area contributed by atoms with Crippen molar-refractivity contribution in [1.29, 1.82) is 0 Å². The lowest BCUT2D eigenvalue weighted by Crippen LogP contribution is -2.23. The number of halogens is 1. The van der Waals surface area contributed by atoms with Gasteiger partial charge in [0.05, 0.1) is 16.7 Å². The molecule has 2 aromatic heterocycles. The second-order valence-electron chi connectivity index (χ2n) is 14.3. The average Bonchev–Trinajstić information content (AvgIpc) is 3.21. The second kappa shape index (κ2) is 10.4. The van der Waals surface area contributed by atoms with Crippen molar-refractivity contribution in [2.75, 3.05) is 25.6 Å². The van der Waals surface area contributed by atoms with Crippen molar-refractivity contribution < 1.29 is 13.9 Å². The number of nitrogens with one attached hydrogen (secondary N) is 1. The molecule has 39 heavy (non-hydrogen) atoms. The van der Waals surface area contributed by atoms with Crippen LogP contribution in [0.1, 0.15) is 24.6 Å². The lowest BCUT2D eigenvalue weighted by Gasteiger charge is -2.20. The number of hydrogen-bond donors (Lipinski definition) is 1. The van der Waals surface area contributed by atoms with Crippen molar-refractivity contribution in [2.45, 2.75) is 91.0 Å². The van der Waals surface area contributed by atoms with E-state index in [1.807, 2.05) is 4.57 Å². The van der Waals surface area contributed by atoms with E-state index in [0.717, 1.165) is 54.1 Å². The lowest BCUT2D eigenvalue weighted by molar-refractivity contribution is 0.0756. The van der Waals surface area contributed by atoms with Crippen LogP contribution in [0.3, 0.4) is 0 Å². The summed E-state index contributed by atoms with van der Waals surface area (Å²) in [7, 11) is -0.671. The van der Waals surface area contributed by atoms with Crippen molar-refractivity contribution in [3.8, 4) is 11.5 Å². The number of fused-ring (bicyclic) bond motifs is 3. The highest BCUT2D eigenvalue weighted by Gasteiger charge is 2.54. The standard InChI is InChI=1S/C29H46FN5O2Si2/c1-29-16-20(29)13-21-26(17-29)35(19-37-10-12-39(6,7)8)33-27(21)28-32-24-15-23(31-2)22(30)14-25(24)34(28)18-36-9-11-38(3,4)5/h14-15,20,31H,9-13,16-19H2,1-8H3/t20-,29-/m1/s1. The largest absolute Gasteiger partial charge is 0.386 e. The van der Waals surface area contributed by atoms with Gasteiger partial charge in [-0.05, 0) is 48.7 Å².